The zero-order valence-corrected chi connectivity index (χ0v) is 14.5. The molecule has 0 amide bonds. The van der Waals surface area contributed by atoms with Gasteiger partial charge in [0.15, 0.2) is 0 Å². The lowest BCUT2D eigenvalue weighted by Crippen LogP contribution is -2.52. The molecule has 0 spiro atoms. The van der Waals surface area contributed by atoms with Crippen LogP contribution in [-0.2, 0) is 4.74 Å². The van der Waals surface area contributed by atoms with E-state index in [4.69, 9.17) is 16.3 Å². The Morgan fingerprint density at radius 3 is 2.60 bits per heavy atom. The molecule has 6 atom stereocenters. The van der Waals surface area contributed by atoms with E-state index in [1.807, 2.05) is 0 Å². The summed E-state index contributed by atoms with van der Waals surface area (Å²) < 4.78 is 5.98. The molecule has 3 rings (SSSR count). The van der Waals surface area contributed by atoms with Crippen LogP contribution >= 0.6 is 27.5 Å². The molecule has 0 aromatic heterocycles. The van der Waals surface area contributed by atoms with E-state index < -0.39 is 11.0 Å². The highest BCUT2D eigenvalue weighted by molar-refractivity contribution is 9.09. The van der Waals surface area contributed by atoms with Crippen molar-refractivity contribution in [3.8, 4) is 0 Å². The second-order valence-electron chi connectivity index (χ2n) is 7.57. The molecule has 0 aromatic rings. The largest absolute Gasteiger partial charge is 0.394 e. The number of hydrogen-bond acceptors (Lipinski definition) is 3. The summed E-state index contributed by atoms with van der Waals surface area (Å²) in [6, 6.07) is 0. The van der Waals surface area contributed by atoms with E-state index in [1.165, 1.54) is 0 Å². The van der Waals surface area contributed by atoms with E-state index in [9.17, 15) is 10.2 Å². The summed E-state index contributed by atoms with van der Waals surface area (Å²) in [5.74, 6) is 0.492. The van der Waals surface area contributed by atoms with Crippen LogP contribution in [0.3, 0.4) is 0 Å². The molecule has 3 fully saturated rings. The van der Waals surface area contributed by atoms with Crippen LogP contribution in [0.15, 0.2) is 0 Å². The molecule has 0 radical (unpaired) electrons. The van der Waals surface area contributed by atoms with Gasteiger partial charge in [-0.15, -0.1) is 11.6 Å². The predicted octanol–water partition coefficient (Wildman–Crippen LogP) is 2.84. The Bertz CT molecular complexity index is 405. The molecule has 1 unspecified atom stereocenters. The minimum absolute atomic E-state index is 0.183. The Kier molecular flexibility index (Phi) is 3.75. The van der Waals surface area contributed by atoms with Crippen molar-refractivity contribution < 1.29 is 14.9 Å². The van der Waals surface area contributed by atoms with Crippen molar-refractivity contribution in [1.29, 1.82) is 0 Å². The van der Waals surface area contributed by atoms with Crippen molar-refractivity contribution in [2.24, 2.45) is 11.3 Å². The Morgan fingerprint density at radius 1 is 1.30 bits per heavy atom. The van der Waals surface area contributed by atoms with Gasteiger partial charge in [0.25, 0.3) is 0 Å². The van der Waals surface area contributed by atoms with Gasteiger partial charge in [-0.3, -0.25) is 0 Å². The number of ether oxygens (including phenoxy) is 1. The molecule has 116 valence electrons. The summed E-state index contributed by atoms with van der Waals surface area (Å²) in [6.07, 6.45) is 3.93. The zero-order chi connectivity index (χ0) is 14.8. The summed E-state index contributed by atoms with van der Waals surface area (Å²) in [4.78, 5) is -0.356. The minimum atomic E-state index is -0.910. The van der Waals surface area contributed by atoms with E-state index in [-0.39, 0.29) is 23.7 Å². The van der Waals surface area contributed by atoms with Crippen LogP contribution in [0.25, 0.3) is 0 Å². The molecule has 3 aliphatic rings. The Hall–Kier alpha value is 0.650. The molecular weight excluding hydrogens is 344 g/mol. The first kappa shape index (κ1) is 15.5. The highest BCUT2D eigenvalue weighted by Crippen LogP contribution is 2.61. The lowest BCUT2D eigenvalue weighted by atomic mass is 9.63. The fraction of sp³-hybridized carbons (Fsp3) is 1.00. The fourth-order valence-corrected chi connectivity index (χ4v) is 4.94. The van der Waals surface area contributed by atoms with Crippen LogP contribution in [0.1, 0.15) is 46.0 Å². The molecular formula is C15H24BrClO3. The van der Waals surface area contributed by atoms with Gasteiger partial charge in [0.1, 0.15) is 17.8 Å². The number of fused-ring (bicyclic) bond motifs is 1. The first-order valence-electron chi connectivity index (χ1n) is 7.55. The maximum Gasteiger partial charge on any atom is 0.115 e. The summed E-state index contributed by atoms with van der Waals surface area (Å²) >= 11 is 10.1. The second-order valence-corrected chi connectivity index (χ2v) is 9.42. The first-order valence-corrected chi connectivity index (χ1v) is 8.84. The third kappa shape index (κ3) is 2.18. The van der Waals surface area contributed by atoms with Crippen LogP contribution < -0.4 is 0 Å². The molecule has 5 heteroatoms. The number of aliphatic hydroxyl groups is 2. The Morgan fingerprint density at radius 2 is 2.00 bits per heavy atom. The summed E-state index contributed by atoms with van der Waals surface area (Å²) in [5.41, 5.74) is 0.0724. The molecule has 1 saturated heterocycles. The lowest BCUT2D eigenvalue weighted by Gasteiger charge is -2.44. The zero-order valence-electron chi connectivity index (χ0n) is 12.1. The standard InChI is InChI=1S/C15H24BrClO3/c1-13(2)7-9(3-4-10(13)16)15-6-5-14(17,8-18)11(19)12(15)20-15/h9-12,18-19H,3-8H2,1-2H3/t9?,10-,11-,12+,14+,15+/m0/s1. The minimum Gasteiger partial charge on any atom is -0.394 e. The van der Waals surface area contributed by atoms with Crippen LogP contribution in [0.5, 0.6) is 0 Å². The summed E-state index contributed by atoms with van der Waals surface area (Å²) in [5, 5.41) is 19.8. The normalized spacial score (nSPS) is 54.3. The van der Waals surface area contributed by atoms with E-state index in [1.54, 1.807) is 0 Å². The molecule has 2 N–H and O–H groups in total. The van der Waals surface area contributed by atoms with Crippen molar-refractivity contribution in [2.75, 3.05) is 6.61 Å². The third-order valence-electron chi connectivity index (χ3n) is 5.86. The van der Waals surface area contributed by atoms with Crippen molar-refractivity contribution in [1.82, 2.24) is 0 Å². The molecule has 2 aliphatic carbocycles. The van der Waals surface area contributed by atoms with Gasteiger partial charge in [-0.25, -0.2) is 0 Å². The van der Waals surface area contributed by atoms with Gasteiger partial charge in [0.05, 0.1) is 11.5 Å². The second kappa shape index (κ2) is 4.82. The van der Waals surface area contributed by atoms with Crippen molar-refractivity contribution in [3.05, 3.63) is 0 Å². The average molecular weight is 368 g/mol. The molecule has 0 aromatic carbocycles. The Labute approximate surface area is 134 Å². The molecule has 3 nitrogen and oxygen atoms in total. The SMILES string of the molecule is CC1(C)CC([C@]23CC[C@@](Cl)(CO)[C@@H](O)[C@H]2O3)CC[C@@H]1Br. The van der Waals surface area contributed by atoms with Crippen LogP contribution in [0.4, 0.5) is 0 Å². The maximum atomic E-state index is 10.4. The van der Waals surface area contributed by atoms with Gasteiger partial charge >= 0.3 is 0 Å². The maximum absolute atomic E-state index is 10.4. The van der Waals surface area contributed by atoms with Crippen molar-refractivity contribution >= 4 is 27.5 Å². The van der Waals surface area contributed by atoms with Gasteiger partial charge < -0.3 is 14.9 Å². The van der Waals surface area contributed by atoms with Gasteiger partial charge in [-0.1, -0.05) is 29.8 Å². The highest BCUT2D eigenvalue weighted by atomic mass is 79.9. The van der Waals surface area contributed by atoms with Crippen molar-refractivity contribution in [3.63, 3.8) is 0 Å². The monoisotopic (exact) mass is 366 g/mol. The van der Waals surface area contributed by atoms with Gasteiger partial charge in [0, 0.05) is 4.83 Å². The number of hydrogen-bond donors (Lipinski definition) is 2. The number of aliphatic hydroxyl groups excluding tert-OH is 2. The van der Waals surface area contributed by atoms with Crippen LogP contribution in [0, 0.1) is 11.3 Å². The van der Waals surface area contributed by atoms with Gasteiger partial charge in [-0.2, -0.15) is 0 Å². The van der Waals surface area contributed by atoms with Gasteiger partial charge in [-0.05, 0) is 43.4 Å². The molecule has 2 saturated carbocycles. The van der Waals surface area contributed by atoms with Crippen molar-refractivity contribution in [2.45, 2.75) is 73.5 Å². The number of alkyl halides is 2. The number of epoxide rings is 1. The Balaban J connectivity index is 1.75. The smallest absolute Gasteiger partial charge is 0.115 e. The summed E-state index contributed by atoms with van der Waals surface area (Å²) in [6.45, 7) is 4.40. The number of rotatable bonds is 2. The first-order chi connectivity index (χ1) is 9.25. The van der Waals surface area contributed by atoms with E-state index in [0.29, 0.717) is 17.2 Å². The lowest BCUT2D eigenvalue weighted by molar-refractivity contribution is 0.0411. The van der Waals surface area contributed by atoms with Gasteiger partial charge in [0.2, 0.25) is 0 Å². The van der Waals surface area contributed by atoms with E-state index in [2.05, 4.69) is 29.8 Å². The van der Waals surface area contributed by atoms with E-state index >= 15 is 0 Å². The molecule has 1 heterocycles. The average Bonchev–Trinajstić information content (AvgIpc) is 3.14. The highest BCUT2D eigenvalue weighted by Gasteiger charge is 2.70. The van der Waals surface area contributed by atoms with E-state index in [0.717, 1.165) is 25.7 Å². The quantitative estimate of drug-likeness (QED) is 0.583. The summed E-state index contributed by atoms with van der Waals surface area (Å²) in [7, 11) is 0. The predicted molar refractivity (Wildman–Crippen MR) is 82.4 cm³/mol. The van der Waals surface area contributed by atoms with Crippen LogP contribution in [-0.4, -0.2) is 44.3 Å². The fourth-order valence-electron chi connectivity index (χ4n) is 4.28. The topological polar surface area (TPSA) is 53.0 Å². The molecule has 1 aliphatic heterocycles. The third-order valence-corrected chi connectivity index (χ3v) is 8.09. The molecule has 20 heavy (non-hydrogen) atoms. The number of halogens is 2. The molecule has 0 bridgehead atoms. The van der Waals surface area contributed by atoms with Crippen LogP contribution in [0.2, 0.25) is 0 Å².